The number of ether oxygens (including phenoxy) is 2. The van der Waals surface area contributed by atoms with E-state index in [0.29, 0.717) is 17.0 Å². The molecule has 11 heteroatoms. The van der Waals surface area contributed by atoms with E-state index in [1.807, 2.05) is 24.3 Å². The number of piperidine rings is 3. The van der Waals surface area contributed by atoms with E-state index in [2.05, 4.69) is 20.1 Å². The maximum atomic E-state index is 14.0. The minimum Gasteiger partial charge on any atom is -0.488 e. The predicted octanol–water partition coefficient (Wildman–Crippen LogP) is 7.29. The van der Waals surface area contributed by atoms with Crippen LogP contribution in [0.25, 0.3) is 21.9 Å². The first kappa shape index (κ1) is 32.4. The SMILES string of the molecule is Cl.Cl.O=C(NC1CCN(C[C@@H]2CCCN3CCCC[C@H]23)CC1)Oc1cc2c(OCc3coc4c(F)cccc34)cccc2[nH]1. The third kappa shape index (κ3) is 6.96. The van der Waals surface area contributed by atoms with Crippen molar-refractivity contribution in [1.29, 1.82) is 0 Å². The van der Waals surface area contributed by atoms with Crippen molar-refractivity contribution in [2.24, 2.45) is 5.92 Å². The first-order valence-corrected chi connectivity index (χ1v) is 15.4. The molecule has 2 atom stereocenters. The molecule has 0 bridgehead atoms. The number of rotatable bonds is 7. The number of halogens is 3. The summed E-state index contributed by atoms with van der Waals surface area (Å²) < 4.78 is 31.1. The largest absolute Gasteiger partial charge is 0.488 e. The van der Waals surface area contributed by atoms with Crippen LogP contribution in [0, 0.1) is 11.7 Å². The van der Waals surface area contributed by atoms with Crippen LogP contribution in [-0.4, -0.2) is 65.7 Å². The summed E-state index contributed by atoms with van der Waals surface area (Å²) in [6.45, 7) is 6.00. The van der Waals surface area contributed by atoms with Gasteiger partial charge in [-0.3, -0.25) is 0 Å². The summed E-state index contributed by atoms with van der Waals surface area (Å²) in [6, 6.07) is 13.1. The van der Waals surface area contributed by atoms with Gasteiger partial charge >= 0.3 is 6.09 Å². The second-order valence-electron chi connectivity index (χ2n) is 12.1. The molecule has 1 amide bonds. The van der Waals surface area contributed by atoms with Crippen LogP contribution < -0.4 is 14.8 Å². The molecular formula is C33H41Cl2FN4O4. The van der Waals surface area contributed by atoms with Crippen LogP contribution in [0.2, 0.25) is 0 Å². The van der Waals surface area contributed by atoms with E-state index in [1.54, 1.807) is 12.1 Å². The number of carbonyl (C=O) groups excluding carboxylic acids is 1. The molecule has 3 fully saturated rings. The fourth-order valence-electron chi connectivity index (χ4n) is 7.30. The Bertz CT molecular complexity index is 1550. The zero-order chi connectivity index (χ0) is 28.5. The molecule has 44 heavy (non-hydrogen) atoms. The van der Waals surface area contributed by atoms with E-state index in [9.17, 15) is 9.18 Å². The average molecular weight is 648 g/mol. The Morgan fingerprint density at radius 1 is 0.977 bits per heavy atom. The van der Waals surface area contributed by atoms with Gasteiger partial charge in [0.15, 0.2) is 11.4 Å². The molecule has 2 aromatic carbocycles. The minimum atomic E-state index is -0.445. The van der Waals surface area contributed by atoms with Gasteiger partial charge in [-0.05, 0) is 75.7 Å². The van der Waals surface area contributed by atoms with Gasteiger partial charge in [0.2, 0.25) is 5.88 Å². The van der Waals surface area contributed by atoms with Gasteiger partial charge in [-0.1, -0.05) is 24.6 Å². The molecule has 238 valence electrons. The first-order chi connectivity index (χ1) is 20.6. The Morgan fingerprint density at radius 2 is 1.80 bits per heavy atom. The number of carbonyl (C=O) groups is 1. The van der Waals surface area contributed by atoms with Gasteiger partial charge in [0.05, 0.1) is 11.8 Å². The zero-order valence-electron chi connectivity index (χ0n) is 24.8. The number of benzene rings is 2. The molecule has 7 rings (SSSR count). The topological polar surface area (TPSA) is 83.0 Å². The Morgan fingerprint density at radius 3 is 2.66 bits per heavy atom. The highest BCUT2D eigenvalue weighted by atomic mass is 35.5. The van der Waals surface area contributed by atoms with Crippen molar-refractivity contribution >= 4 is 52.8 Å². The fraction of sp³-hybridized carbons (Fsp3) is 0.485. The summed E-state index contributed by atoms with van der Waals surface area (Å²) >= 11 is 0. The molecular weight excluding hydrogens is 606 g/mol. The third-order valence-corrected chi connectivity index (χ3v) is 9.45. The molecule has 3 saturated heterocycles. The Hall–Kier alpha value is -2.98. The molecule has 3 aliphatic rings. The molecule has 0 aliphatic carbocycles. The van der Waals surface area contributed by atoms with Crippen molar-refractivity contribution in [3.8, 4) is 11.6 Å². The van der Waals surface area contributed by atoms with Crippen LogP contribution in [0.5, 0.6) is 11.6 Å². The van der Waals surface area contributed by atoms with Crippen molar-refractivity contribution in [3.05, 3.63) is 60.1 Å². The number of H-pyrrole nitrogens is 1. The number of amides is 1. The van der Waals surface area contributed by atoms with Gasteiger partial charge in [-0.2, -0.15) is 0 Å². The molecule has 2 aromatic heterocycles. The van der Waals surface area contributed by atoms with E-state index < -0.39 is 11.9 Å². The van der Waals surface area contributed by atoms with E-state index in [-0.39, 0.29) is 43.0 Å². The molecule has 3 aliphatic heterocycles. The number of fused-ring (bicyclic) bond motifs is 3. The maximum Gasteiger partial charge on any atom is 0.414 e. The zero-order valence-corrected chi connectivity index (χ0v) is 26.4. The summed E-state index contributed by atoms with van der Waals surface area (Å²) in [5.41, 5.74) is 1.78. The van der Waals surface area contributed by atoms with Crippen LogP contribution in [0.1, 0.15) is 50.5 Å². The van der Waals surface area contributed by atoms with Gasteiger partial charge in [0.25, 0.3) is 0 Å². The number of likely N-dealkylation sites (tertiary alicyclic amines) is 1. The van der Waals surface area contributed by atoms with Gasteiger partial charge in [0, 0.05) is 54.1 Å². The standard InChI is InChI=1S/C33H39FN4O4.2ClH/c34-27-8-3-7-25-23(21-41-32(25)27)20-40-30-11-4-9-28-26(30)18-31(36-28)42-33(39)35-24-12-16-37(17-13-24)19-22-6-5-15-38-14-2-1-10-29(22)38;;/h3-4,7-9,11,18,21-22,24,29,36H,1-2,5-6,10,12-17,19-20H2,(H,35,39);2*1H/t22-,29+;;/m0../s1. The molecule has 0 spiro atoms. The number of para-hydroxylation sites is 1. The summed E-state index contributed by atoms with van der Waals surface area (Å²) in [6.07, 6.45) is 9.73. The number of nitrogens with one attached hydrogen (secondary N) is 2. The van der Waals surface area contributed by atoms with E-state index >= 15 is 0 Å². The van der Waals surface area contributed by atoms with E-state index in [1.165, 1.54) is 64.1 Å². The monoisotopic (exact) mass is 646 g/mol. The van der Waals surface area contributed by atoms with Crippen molar-refractivity contribution in [2.45, 2.75) is 63.6 Å². The van der Waals surface area contributed by atoms with Crippen LogP contribution in [0.3, 0.4) is 0 Å². The fourth-order valence-corrected chi connectivity index (χ4v) is 7.30. The Balaban J connectivity index is 0.00000192. The van der Waals surface area contributed by atoms with Crippen LogP contribution in [-0.2, 0) is 6.61 Å². The highest BCUT2D eigenvalue weighted by molar-refractivity contribution is 5.88. The highest BCUT2D eigenvalue weighted by Crippen LogP contribution is 2.33. The lowest BCUT2D eigenvalue weighted by molar-refractivity contribution is 0.0353. The lowest BCUT2D eigenvalue weighted by Gasteiger charge is -2.46. The quantitative estimate of drug-likeness (QED) is 0.219. The van der Waals surface area contributed by atoms with Crippen LogP contribution >= 0.6 is 24.8 Å². The number of hydrogen-bond donors (Lipinski definition) is 2. The van der Waals surface area contributed by atoms with E-state index in [0.717, 1.165) is 54.4 Å². The van der Waals surface area contributed by atoms with Crippen molar-refractivity contribution in [2.75, 3.05) is 32.7 Å². The molecule has 8 nitrogen and oxygen atoms in total. The third-order valence-electron chi connectivity index (χ3n) is 9.45. The second kappa shape index (κ2) is 14.4. The van der Waals surface area contributed by atoms with Crippen LogP contribution in [0.4, 0.5) is 9.18 Å². The van der Waals surface area contributed by atoms with Gasteiger partial charge in [-0.15, -0.1) is 24.8 Å². The molecule has 0 unspecified atom stereocenters. The molecule has 0 saturated carbocycles. The number of nitrogens with zero attached hydrogens (tertiary/aromatic N) is 2. The average Bonchev–Trinajstić information content (AvgIpc) is 3.62. The summed E-state index contributed by atoms with van der Waals surface area (Å²) in [4.78, 5) is 21.3. The summed E-state index contributed by atoms with van der Waals surface area (Å²) in [7, 11) is 0. The number of hydrogen-bond acceptors (Lipinski definition) is 6. The molecule has 0 radical (unpaired) electrons. The number of aromatic nitrogens is 1. The number of aromatic amines is 1. The minimum absolute atomic E-state index is 0. The van der Waals surface area contributed by atoms with Crippen LogP contribution in [0.15, 0.2) is 53.1 Å². The van der Waals surface area contributed by atoms with E-state index in [4.69, 9.17) is 13.9 Å². The predicted molar refractivity (Wildman–Crippen MR) is 174 cm³/mol. The highest BCUT2D eigenvalue weighted by Gasteiger charge is 2.34. The Kier molecular flexibility index (Phi) is 10.6. The molecule has 2 N–H and O–H groups in total. The smallest absolute Gasteiger partial charge is 0.414 e. The summed E-state index contributed by atoms with van der Waals surface area (Å²) in [5.74, 6) is 1.38. The Labute approximate surface area is 269 Å². The molecule has 5 heterocycles. The first-order valence-electron chi connectivity index (χ1n) is 15.4. The van der Waals surface area contributed by atoms with Crippen molar-refractivity contribution in [1.82, 2.24) is 20.1 Å². The lowest BCUT2D eigenvalue weighted by atomic mass is 9.83. The van der Waals surface area contributed by atoms with Gasteiger partial charge in [-0.25, -0.2) is 9.18 Å². The second-order valence-corrected chi connectivity index (χ2v) is 12.1. The summed E-state index contributed by atoms with van der Waals surface area (Å²) in [5, 5.41) is 4.56. The number of furan rings is 1. The lowest BCUT2D eigenvalue weighted by Crippen LogP contribution is -2.52. The normalized spacial score (nSPS) is 21.3. The van der Waals surface area contributed by atoms with Crippen molar-refractivity contribution < 1.29 is 23.1 Å². The van der Waals surface area contributed by atoms with Gasteiger partial charge in [0.1, 0.15) is 12.4 Å². The maximum absolute atomic E-state index is 14.0. The van der Waals surface area contributed by atoms with Crippen molar-refractivity contribution in [3.63, 3.8) is 0 Å². The molecule has 4 aromatic rings. The van der Waals surface area contributed by atoms with Gasteiger partial charge < -0.3 is 34.0 Å².